The van der Waals surface area contributed by atoms with Crippen molar-refractivity contribution in [3.63, 3.8) is 0 Å². The van der Waals surface area contributed by atoms with E-state index in [1.165, 1.54) is 12.7 Å². The van der Waals surface area contributed by atoms with Crippen molar-refractivity contribution in [2.75, 3.05) is 25.5 Å². The molecule has 0 atom stereocenters. The van der Waals surface area contributed by atoms with E-state index in [0.717, 1.165) is 18.4 Å². The first-order valence-electron chi connectivity index (χ1n) is 9.26. The Morgan fingerprint density at radius 2 is 1.82 bits per heavy atom. The number of hydrogen-bond acceptors (Lipinski definition) is 4. The molecule has 144 valence electrons. The summed E-state index contributed by atoms with van der Waals surface area (Å²) in [5.41, 5.74) is 3.86. The number of amides is 2. The number of nitriles is 1. The molecule has 1 N–H and O–H groups in total. The molecule has 0 aromatic heterocycles. The predicted molar refractivity (Wildman–Crippen MR) is 106 cm³/mol. The molecule has 2 aromatic rings. The lowest BCUT2D eigenvalue weighted by Crippen LogP contribution is -2.38. The van der Waals surface area contributed by atoms with Crippen molar-refractivity contribution in [3.05, 3.63) is 64.7 Å². The highest BCUT2D eigenvalue weighted by Crippen LogP contribution is 2.29. The van der Waals surface area contributed by atoms with Gasteiger partial charge >= 0.3 is 6.09 Å². The van der Waals surface area contributed by atoms with Crippen molar-refractivity contribution in [2.45, 2.75) is 25.7 Å². The largest absolute Gasteiger partial charge is 0.453 e. The fraction of sp³-hybridized carbons (Fsp3) is 0.318. The maximum Gasteiger partial charge on any atom is 0.411 e. The average Bonchev–Trinajstić information content (AvgIpc) is 2.75. The van der Waals surface area contributed by atoms with Crippen LogP contribution in [0.4, 0.5) is 10.5 Å². The fourth-order valence-corrected chi connectivity index (χ4v) is 3.48. The molecule has 0 aliphatic carbocycles. The highest BCUT2D eigenvalue weighted by Gasteiger charge is 2.25. The van der Waals surface area contributed by atoms with Gasteiger partial charge in [0.2, 0.25) is 0 Å². The number of ether oxygens (including phenoxy) is 1. The molecule has 1 saturated heterocycles. The van der Waals surface area contributed by atoms with Crippen molar-refractivity contribution < 1.29 is 14.3 Å². The molecule has 2 amide bonds. The quantitative estimate of drug-likeness (QED) is 0.874. The standard InChI is InChI=1S/C22H23N3O3/c1-15-3-6-19(13-20(15)24-22(27)28-2)21(26)25-11-9-18(10-12-25)17-7-4-16(14-23)5-8-17/h3-8,13,18H,9-12H2,1-2H3,(H,24,27). The van der Waals surface area contributed by atoms with Crippen LogP contribution in [0.25, 0.3) is 0 Å². The van der Waals surface area contributed by atoms with Gasteiger partial charge in [-0.15, -0.1) is 0 Å². The van der Waals surface area contributed by atoms with Crippen molar-refractivity contribution >= 4 is 17.7 Å². The summed E-state index contributed by atoms with van der Waals surface area (Å²) < 4.78 is 4.63. The van der Waals surface area contributed by atoms with Gasteiger partial charge in [-0.1, -0.05) is 18.2 Å². The van der Waals surface area contributed by atoms with Crippen molar-refractivity contribution in [2.24, 2.45) is 0 Å². The van der Waals surface area contributed by atoms with E-state index in [2.05, 4.69) is 16.1 Å². The van der Waals surface area contributed by atoms with Gasteiger partial charge < -0.3 is 9.64 Å². The summed E-state index contributed by atoms with van der Waals surface area (Å²) in [7, 11) is 1.30. The summed E-state index contributed by atoms with van der Waals surface area (Å²) in [5, 5.41) is 11.6. The third-order valence-corrected chi connectivity index (χ3v) is 5.20. The first-order chi connectivity index (χ1) is 13.5. The number of aryl methyl sites for hydroxylation is 1. The van der Waals surface area contributed by atoms with E-state index in [4.69, 9.17) is 5.26 Å². The molecular weight excluding hydrogens is 354 g/mol. The van der Waals surface area contributed by atoms with Gasteiger partial charge in [-0.3, -0.25) is 10.1 Å². The number of hydrogen-bond donors (Lipinski definition) is 1. The first-order valence-corrected chi connectivity index (χ1v) is 9.26. The molecule has 6 nitrogen and oxygen atoms in total. The molecule has 0 spiro atoms. The highest BCUT2D eigenvalue weighted by atomic mass is 16.5. The van der Waals surface area contributed by atoms with E-state index in [1.807, 2.05) is 42.2 Å². The van der Waals surface area contributed by atoms with Gasteiger partial charge in [0.1, 0.15) is 0 Å². The average molecular weight is 377 g/mol. The lowest BCUT2D eigenvalue weighted by atomic mass is 9.89. The fourth-order valence-electron chi connectivity index (χ4n) is 3.48. The predicted octanol–water partition coefficient (Wildman–Crippen LogP) is 4.06. The molecular formula is C22H23N3O3. The second kappa shape index (κ2) is 8.57. The van der Waals surface area contributed by atoms with Crippen LogP contribution in [0.3, 0.4) is 0 Å². The molecule has 1 aliphatic heterocycles. The van der Waals surface area contributed by atoms with Crippen molar-refractivity contribution in [1.29, 1.82) is 5.26 Å². The number of likely N-dealkylation sites (tertiary alicyclic amines) is 1. The Hall–Kier alpha value is -3.33. The smallest absolute Gasteiger partial charge is 0.411 e. The number of nitrogens with zero attached hydrogens (tertiary/aromatic N) is 2. The van der Waals surface area contributed by atoms with Crippen LogP contribution in [-0.2, 0) is 4.74 Å². The minimum absolute atomic E-state index is 0.0359. The maximum atomic E-state index is 12.9. The molecule has 0 unspecified atom stereocenters. The van der Waals surface area contributed by atoms with Crippen LogP contribution in [0.2, 0.25) is 0 Å². The molecule has 1 heterocycles. The van der Waals surface area contributed by atoms with Gasteiger partial charge in [0.05, 0.1) is 18.7 Å². The van der Waals surface area contributed by atoms with E-state index < -0.39 is 6.09 Å². The Bertz CT molecular complexity index is 908. The monoisotopic (exact) mass is 377 g/mol. The van der Waals surface area contributed by atoms with E-state index in [0.29, 0.717) is 35.8 Å². The molecule has 3 rings (SSSR count). The van der Waals surface area contributed by atoms with Crippen LogP contribution in [-0.4, -0.2) is 37.1 Å². The molecule has 6 heteroatoms. The van der Waals surface area contributed by atoms with E-state index in [9.17, 15) is 9.59 Å². The zero-order valence-corrected chi connectivity index (χ0v) is 16.1. The van der Waals surface area contributed by atoms with Crippen LogP contribution >= 0.6 is 0 Å². The number of anilines is 1. The van der Waals surface area contributed by atoms with Crippen LogP contribution in [0.5, 0.6) is 0 Å². The number of piperidine rings is 1. The minimum atomic E-state index is -0.559. The van der Waals surface area contributed by atoms with Gasteiger partial charge in [0.25, 0.3) is 5.91 Å². The van der Waals surface area contributed by atoms with Gasteiger partial charge in [-0.05, 0) is 61.1 Å². The van der Waals surface area contributed by atoms with Crippen molar-refractivity contribution in [1.82, 2.24) is 4.90 Å². The van der Waals surface area contributed by atoms with Crippen LogP contribution < -0.4 is 5.32 Å². The second-order valence-electron chi connectivity index (χ2n) is 6.95. The number of rotatable bonds is 3. The minimum Gasteiger partial charge on any atom is -0.453 e. The summed E-state index contributed by atoms with van der Waals surface area (Å²) in [4.78, 5) is 26.2. The van der Waals surface area contributed by atoms with Crippen molar-refractivity contribution in [3.8, 4) is 6.07 Å². The number of carbonyl (C=O) groups excluding carboxylic acids is 2. The lowest BCUT2D eigenvalue weighted by molar-refractivity contribution is 0.0713. The Morgan fingerprint density at radius 1 is 1.14 bits per heavy atom. The molecule has 28 heavy (non-hydrogen) atoms. The summed E-state index contributed by atoms with van der Waals surface area (Å²) in [6, 6.07) is 15.1. The summed E-state index contributed by atoms with van der Waals surface area (Å²) in [6.45, 7) is 3.22. The Kier molecular flexibility index (Phi) is 5.95. The summed E-state index contributed by atoms with van der Waals surface area (Å²) in [6.07, 6.45) is 1.21. The Morgan fingerprint density at radius 3 is 2.43 bits per heavy atom. The van der Waals surface area contributed by atoms with E-state index in [1.54, 1.807) is 12.1 Å². The van der Waals surface area contributed by atoms with Gasteiger partial charge in [0, 0.05) is 24.3 Å². The molecule has 0 saturated carbocycles. The molecule has 2 aromatic carbocycles. The van der Waals surface area contributed by atoms with Crippen LogP contribution in [0.1, 0.15) is 45.8 Å². The molecule has 0 radical (unpaired) electrons. The van der Waals surface area contributed by atoms with Gasteiger partial charge in [0.15, 0.2) is 0 Å². The van der Waals surface area contributed by atoms with Crippen LogP contribution in [0.15, 0.2) is 42.5 Å². The topological polar surface area (TPSA) is 82.4 Å². The van der Waals surface area contributed by atoms with Gasteiger partial charge in [-0.25, -0.2) is 4.79 Å². The van der Waals surface area contributed by atoms with E-state index >= 15 is 0 Å². The SMILES string of the molecule is COC(=O)Nc1cc(C(=O)N2CCC(c3ccc(C#N)cc3)CC2)ccc1C. The Balaban J connectivity index is 1.65. The summed E-state index contributed by atoms with van der Waals surface area (Å²) in [5.74, 6) is 0.359. The molecule has 0 bridgehead atoms. The molecule has 1 fully saturated rings. The number of benzene rings is 2. The first kappa shape index (κ1) is 19.4. The third kappa shape index (κ3) is 4.32. The number of methoxy groups -OCH3 is 1. The lowest BCUT2D eigenvalue weighted by Gasteiger charge is -2.32. The molecule has 1 aliphatic rings. The third-order valence-electron chi connectivity index (χ3n) is 5.20. The normalized spacial score (nSPS) is 14.2. The maximum absolute atomic E-state index is 12.9. The summed E-state index contributed by atoms with van der Waals surface area (Å²) >= 11 is 0. The highest BCUT2D eigenvalue weighted by molar-refractivity contribution is 5.96. The zero-order chi connectivity index (χ0) is 20.1. The van der Waals surface area contributed by atoms with Gasteiger partial charge in [-0.2, -0.15) is 5.26 Å². The second-order valence-corrected chi connectivity index (χ2v) is 6.95. The Labute approximate surface area is 164 Å². The zero-order valence-electron chi connectivity index (χ0n) is 16.1. The van der Waals surface area contributed by atoms with Crippen LogP contribution in [0, 0.1) is 18.3 Å². The number of nitrogens with one attached hydrogen (secondary N) is 1. The van der Waals surface area contributed by atoms with E-state index in [-0.39, 0.29) is 5.91 Å². The number of carbonyl (C=O) groups is 2.